The van der Waals surface area contributed by atoms with Gasteiger partial charge in [-0.05, 0) is 24.1 Å². The van der Waals surface area contributed by atoms with E-state index in [1.54, 1.807) is 18.5 Å². The van der Waals surface area contributed by atoms with Crippen LogP contribution in [0.4, 0.5) is 5.69 Å². The number of para-hydroxylation sites is 1. The maximum absolute atomic E-state index is 6.02. The van der Waals surface area contributed by atoms with Crippen LogP contribution in [0.2, 0.25) is 0 Å². The van der Waals surface area contributed by atoms with Gasteiger partial charge in [0.2, 0.25) is 0 Å². The molecule has 0 fully saturated rings. The summed E-state index contributed by atoms with van der Waals surface area (Å²) in [5.41, 5.74) is 11.7. The molecule has 0 aliphatic carbocycles. The van der Waals surface area contributed by atoms with Crippen molar-refractivity contribution in [1.82, 2.24) is 10.4 Å². The summed E-state index contributed by atoms with van der Waals surface area (Å²) in [7, 11) is 0. The number of pyridine rings is 1. The number of hydrogen-bond donors (Lipinski definition) is 3. The van der Waals surface area contributed by atoms with Crippen LogP contribution in [0.5, 0.6) is 5.75 Å². The van der Waals surface area contributed by atoms with Crippen molar-refractivity contribution in [2.45, 2.75) is 12.5 Å². The predicted molar refractivity (Wildman–Crippen MR) is 77.8 cm³/mol. The molecule has 20 heavy (non-hydrogen) atoms. The zero-order valence-electron chi connectivity index (χ0n) is 11.1. The molecule has 5 heteroatoms. The fraction of sp³-hybridized carbons (Fsp3) is 0.267. The summed E-state index contributed by atoms with van der Waals surface area (Å²) in [5.74, 6) is 6.92. The standard InChI is InChI=1S/C15H18N4O/c16-13-5-6-18-8-12(13)15(19-17)11-7-10-3-1-2-4-14(10)20-9-11/h1-6,8,11,15,19H,7,9,17H2,(H2,16,18). The third-order valence-electron chi connectivity index (χ3n) is 3.78. The fourth-order valence-corrected chi connectivity index (χ4v) is 2.72. The lowest BCUT2D eigenvalue weighted by atomic mass is 9.87. The average Bonchev–Trinajstić information content (AvgIpc) is 2.50. The van der Waals surface area contributed by atoms with Crippen molar-refractivity contribution in [3.05, 3.63) is 53.9 Å². The molecule has 0 saturated heterocycles. The number of aromatic nitrogens is 1. The minimum Gasteiger partial charge on any atom is -0.493 e. The zero-order valence-corrected chi connectivity index (χ0v) is 11.1. The van der Waals surface area contributed by atoms with E-state index in [0.717, 1.165) is 17.7 Å². The van der Waals surface area contributed by atoms with Crippen LogP contribution in [-0.4, -0.2) is 11.6 Å². The van der Waals surface area contributed by atoms with Crippen molar-refractivity contribution in [2.24, 2.45) is 11.8 Å². The second kappa shape index (κ2) is 5.48. The van der Waals surface area contributed by atoms with E-state index in [1.807, 2.05) is 18.2 Å². The molecular formula is C15H18N4O. The summed E-state index contributed by atoms with van der Waals surface area (Å²) in [5, 5.41) is 0. The minimum absolute atomic E-state index is 0.0722. The van der Waals surface area contributed by atoms with Gasteiger partial charge in [0.1, 0.15) is 5.75 Å². The highest BCUT2D eigenvalue weighted by atomic mass is 16.5. The summed E-state index contributed by atoms with van der Waals surface area (Å²) in [4.78, 5) is 4.14. The summed E-state index contributed by atoms with van der Waals surface area (Å²) in [6, 6.07) is 9.80. The van der Waals surface area contributed by atoms with Crippen LogP contribution in [0, 0.1) is 5.92 Å². The highest BCUT2D eigenvalue weighted by molar-refractivity contribution is 5.47. The highest BCUT2D eigenvalue weighted by Crippen LogP contribution is 2.34. The number of ether oxygens (including phenoxy) is 1. The largest absolute Gasteiger partial charge is 0.493 e. The van der Waals surface area contributed by atoms with E-state index in [-0.39, 0.29) is 12.0 Å². The van der Waals surface area contributed by atoms with Gasteiger partial charge in [-0.1, -0.05) is 18.2 Å². The summed E-state index contributed by atoms with van der Waals surface area (Å²) in [6.07, 6.45) is 4.35. The second-order valence-electron chi connectivity index (χ2n) is 5.03. The van der Waals surface area contributed by atoms with Crippen molar-refractivity contribution in [3.8, 4) is 5.75 Å². The third-order valence-corrected chi connectivity index (χ3v) is 3.78. The van der Waals surface area contributed by atoms with Gasteiger partial charge in [0.05, 0.1) is 12.6 Å². The van der Waals surface area contributed by atoms with E-state index in [9.17, 15) is 0 Å². The Labute approximate surface area is 117 Å². The molecule has 0 spiro atoms. The first kappa shape index (κ1) is 12.9. The first-order chi connectivity index (χ1) is 9.79. The Bertz CT molecular complexity index is 602. The number of hydrogen-bond acceptors (Lipinski definition) is 5. The van der Waals surface area contributed by atoms with Crippen LogP contribution in [0.15, 0.2) is 42.7 Å². The van der Waals surface area contributed by atoms with E-state index in [4.69, 9.17) is 16.3 Å². The van der Waals surface area contributed by atoms with Crippen molar-refractivity contribution >= 4 is 5.69 Å². The maximum Gasteiger partial charge on any atom is 0.122 e. The molecule has 1 aliphatic rings. The topological polar surface area (TPSA) is 86.2 Å². The number of rotatable bonds is 3. The van der Waals surface area contributed by atoms with Gasteiger partial charge in [-0.15, -0.1) is 0 Å². The van der Waals surface area contributed by atoms with E-state index in [2.05, 4.69) is 16.5 Å². The molecule has 104 valence electrons. The van der Waals surface area contributed by atoms with Crippen LogP contribution in [0.25, 0.3) is 0 Å². The predicted octanol–water partition coefficient (Wildman–Crippen LogP) is 1.42. The molecule has 0 radical (unpaired) electrons. The quantitative estimate of drug-likeness (QED) is 0.580. The molecule has 0 bridgehead atoms. The number of nitrogen functional groups attached to an aromatic ring is 1. The number of nitrogens with one attached hydrogen (secondary N) is 1. The number of benzene rings is 1. The van der Waals surface area contributed by atoms with Crippen LogP contribution in [-0.2, 0) is 6.42 Å². The smallest absolute Gasteiger partial charge is 0.122 e. The SMILES string of the molecule is NNC(c1cnccc1N)C1COc2ccccc2C1. The summed E-state index contributed by atoms with van der Waals surface area (Å²) < 4.78 is 5.82. The number of nitrogens with zero attached hydrogens (tertiary/aromatic N) is 1. The molecule has 1 aliphatic heterocycles. The molecule has 2 unspecified atom stereocenters. The molecule has 5 N–H and O–H groups in total. The van der Waals surface area contributed by atoms with Gasteiger partial charge in [-0.25, -0.2) is 0 Å². The fourth-order valence-electron chi connectivity index (χ4n) is 2.72. The van der Waals surface area contributed by atoms with E-state index in [1.165, 1.54) is 5.56 Å². The van der Waals surface area contributed by atoms with Crippen molar-refractivity contribution in [1.29, 1.82) is 0 Å². The Kier molecular flexibility index (Phi) is 3.54. The summed E-state index contributed by atoms with van der Waals surface area (Å²) in [6.45, 7) is 0.611. The van der Waals surface area contributed by atoms with E-state index in [0.29, 0.717) is 12.3 Å². The normalized spacial score (nSPS) is 18.9. The lowest BCUT2D eigenvalue weighted by molar-refractivity contribution is 0.185. The Morgan fingerprint density at radius 3 is 2.95 bits per heavy atom. The van der Waals surface area contributed by atoms with Crippen LogP contribution in [0.1, 0.15) is 17.2 Å². The Balaban J connectivity index is 1.87. The minimum atomic E-state index is -0.0722. The molecule has 0 saturated carbocycles. The molecule has 1 aromatic carbocycles. The average molecular weight is 270 g/mol. The maximum atomic E-state index is 6.02. The molecule has 2 atom stereocenters. The summed E-state index contributed by atoms with van der Waals surface area (Å²) >= 11 is 0. The molecular weight excluding hydrogens is 252 g/mol. The Morgan fingerprint density at radius 1 is 1.30 bits per heavy atom. The lowest BCUT2D eigenvalue weighted by Crippen LogP contribution is -2.39. The number of nitrogens with two attached hydrogens (primary N) is 2. The Morgan fingerprint density at radius 2 is 2.15 bits per heavy atom. The van der Waals surface area contributed by atoms with E-state index < -0.39 is 0 Å². The number of hydrazine groups is 1. The van der Waals surface area contributed by atoms with Crippen LogP contribution < -0.4 is 21.7 Å². The molecule has 5 nitrogen and oxygen atoms in total. The third kappa shape index (κ3) is 2.33. The monoisotopic (exact) mass is 270 g/mol. The lowest BCUT2D eigenvalue weighted by Gasteiger charge is -2.31. The zero-order chi connectivity index (χ0) is 13.9. The molecule has 2 aromatic rings. The van der Waals surface area contributed by atoms with Crippen molar-refractivity contribution < 1.29 is 4.74 Å². The number of anilines is 1. The molecule has 3 rings (SSSR count). The van der Waals surface area contributed by atoms with Gasteiger partial charge in [0, 0.05) is 29.6 Å². The van der Waals surface area contributed by atoms with E-state index >= 15 is 0 Å². The van der Waals surface area contributed by atoms with Gasteiger partial charge in [0.25, 0.3) is 0 Å². The molecule has 0 amide bonds. The first-order valence-electron chi connectivity index (χ1n) is 6.66. The van der Waals surface area contributed by atoms with Crippen LogP contribution >= 0.6 is 0 Å². The second-order valence-corrected chi connectivity index (χ2v) is 5.03. The van der Waals surface area contributed by atoms with Gasteiger partial charge < -0.3 is 10.5 Å². The first-order valence-corrected chi connectivity index (χ1v) is 6.66. The molecule has 2 heterocycles. The van der Waals surface area contributed by atoms with Crippen molar-refractivity contribution in [3.63, 3.8) is 0 Å². The van der Waals surface area contributed by atoms with Gasteiger partial charge in [-0.2, -0.15) is 0 Å². The highest BCUT2D eigenvalue weighted by Gasteiger charge is 2.29. The van der Waals surface area contributed by atoms with Gasteiger partial charge >= 0.3 is 0 Å². The molecule has 1 aromatic heterocycles. The van der Waals surface area contributed by atoms with Crippen LogP contribution in [0.3, 0.4) is 0 Å². The number of fused-ring (bicyclic) bond motifs is 1. The van der Waals surface area contributed by atoms with Gasteiger partial charge in [0.15, 0.2) is 0 Å². The van der Waals surface area contributed by atoms with Gasteiger partial charge in [-0.3, -0.25) is 16.3 Å². The van der Waals surface area contributed by atoms with Crippen molar-refractivity contribution in [2.75, 3.05) is 12.3 Å². The Hall–Kier alpha value is -2.11.